The fourth-order valence-corrected chi connectivity index (χ4v) is 2.57. The maximum atomic E-state index is 12.3. The zero-order valence-electron chi connectivity index (χ0n) is 14.2. The molecule has 0 atom stereocenters. The summed E-state index contributed by atoms with van der Waals surface area (Å²) in [4.78, 5) is 37.9. The molecule has 0 spiro atoms. The number of hydrogen-bond acceptors (Lipinski definition) is 4. The molecular formula is C19H18N2O4. The summed E-state index contributed by atoms with van der Waals surface area (Å²) in [5.41, 5.74) is 1.13. The Balaban J connectivity index is 1.90. The van der Waals surface area contributed by atoms with Gasteiger partial charge in [-0.25, -0.2) is 4.79 Å². The molecule has 6 heteroatoms. The minimum Gasteiger partial charge on any atom is -0.444 e. The number of carbonyl (C=O) groups is 3. The maximum Gasteiger partial charge on any atom is 0.412 e. The van der Waals surface area contributed by atoms with Gasteiger partial charge in [0.25, 0.3) is 5.78 Å². The standard InChI is InChI=1S/C19H18N2O4/c1-19(2,3)25-18(24)20-12-9-10-15-14(11-12)16(22)17(23)21(15)13-7-5-4-6-8-13/h4-11H,1-3H3,(H,20,24). The number of benzene rings is 2. The molecule has 0 aliphatic carbocycles. The van der Waals surface area contributed by atoms with Crippen molar-refractivity contribution < 1.29 is 19.1 Å². The number of rotatable bonds is 2. The van der Waals surface area contributed by atoms with E-state index >= 15 is 0 Å². The predicted molar refractivity (Wildman–Crippen MR) is 94.2 cm³/mol. The normalized spacial score (nSPS) is 13.6. The van der Waals surface area contributed by atoms with E-state index in [1.165, 1.54) is 11.0 Å². The number of nitrogens with one attached hydrogen (secondary N) is 1. The number of nitrogens with zero attached hydrogens (tertiary/aromatic N) is 1. The van der Waals surface area contributed by atoms with Gasteiger partial charge in [-0.15, -0.1) is 0 Å². The highest BCUT2D eigenvalue weighted by atomic mass is 16.6. The zero-order valence-corrected chi connectivity index (χ0v) is 14.2. The second-order valence-corrected chi connectivity index (χ2v) is 6.66. The third-order valence-corrected chi connectivity index (χ3v) is 3.54. The van der Waals surface area contributed by atoms with E-state index in [4.69, 9.17) is 4.74 Å². The Hall–Kier alpha value is -3.15. The minimum absolute atomic E-state index is 0.252. The van der Waals surface area contributed by atoms with E-state index in [1.54, 1.807) is 57.2 Å². The van der Waals surface area contributed by atoms with Crippen LogP contribution in [0.4, 0.5) is 21.9 Å². The number of hydrogen-bond donors (Lipinski definition) is 1. The first-order valence-corrected chi connectivity index (χ1v) is 7.84. The molecule has 0 bridgehead atoms. The lowest BCUT2D eigenvalue weighted by Crippen LogP contribution is -2.27. The minimum atomic E-state index is -0.628. The molecule has 1 aliphatic rings. The summed E-state index contributed by atoms with van der Waals surface area (Å²) in [7, 11) is 0. The molecule has 0 unspecified atom stereocenters. The van der Waals surface area contributed by atoms with Crippen LogP contribution in [-0.2, 0) is 9.53 Å². The van der Waals surface area contributed by atoms with E-state index in [-0.39, 0.29) is 5.56 Å². The van der Waals surface area contributed by atoms with Crippen LogP contribution in [0, 0.1) is 0 Å². The summed E-state index contributed by atoms with van der Waals surface area (Å²) >= 11 is 0. The second kappa shape index (κ2) is 6.05. The number of anilines is 3. The lowest BCUT2D eigenvalue weighted by molar-refractivity contribution is -0.113. The van der Waals surface area contributed by atoms with Gasteiger partial charge in [0.05, 0.1) is 11.3 Å². The lowest BCUT2D eigenvalue weighted by Gasteiger charge is -2.20. The van der Waals surface area contributed by atoms with Crippen molar-refractivity contribution in [3.8, 4) is 0 Å². The zero-order chi connectivity index (χ0) is 18.2. The van der Waals surface area contributed by atoms with Crippen LogP contribution in [-0.4, -0.2) is 23.4 Å². The van der Waals surface area contributed by atoms with Crippen LogP contribution < -0.4 is 10.2 Å². The van der Waals surface area contributed by atoms with Gasteiger partial charge >= 0.3 is 12.0 Å². The highest BCUT2D eigenvalue weighted by Gasteiger charge is 2.37. The van der Waals surface area contributed by atoms with Crippen LogP contribution in [0.25, 0.3) is 0 Å². The van der Waals surface area contributed by atoms with Crippen LogP contribution in [0.3, 0.4) is 0 Å². The van der Waals surface area contributed by atoms with E-state index in [2.05, 4.69) is 5.32 Å². The molecule has 1 aliphatic heterocycles. The topological polar surface area (TPSA) is 75.7 Å². The lowest BCUT2D eigenvalue weighted by atomic mass is 10.1. The number of Topliss-reactive ketones (excluding diaryl/α,β-unsaturated/α-hetero) is 1. The third kappa shape index (κ3) is 3.38. The molecule has 0 saturated heterocycles. The molecule has 0 aromatic heterocycles. The summed E-state index contributed by atoms with van der Waals surface area (Å²) in [6, 6.07) is 13.7. The number of ether oxygens (including phenoxy) is 1. The highest BCUT2D eigenvalue weighted by molar-refractivity contribution is 6.53. The summed E-state index contributed by atoms with van der Waals surface area (Å²) < 4.78 is 5.19. The van der Waals surface area contributed by atoms with Crippen molar-refractivity contribution in [3.63, 3.8) is 0 Å². The van der Waals surface area contributed by atoms with Gasteiger partial charge in [0, 0.05) is 11.4 Å². The van der Waals surface area contributed by atoms with Crippen LogP contribution in [0.15, 0.2) is 48.5 Å². The fraction of sp³-hybridized carbons (Fsp3) is 0.211. The average Bonchev–Trinajstić information content (AvgIpc) is 2.78. The van der Waals surface area contributed by atoms with Crippen LogP contribution in [0.5, 0.6) is 0 Å². The SMILES string of the molecule is CC(C)(C)OC(=O)Nc1ccc2c(c1)C(=O)C(=O)N2c1ccccc1. The number of ketones is 1. The van der Waals surface area contributed by atoms with Gasteiger partial charge in [0.15, 0.2) is 0 Å². The van der Waals surface area contributed by atoms with Crippen molar-refractivity contribution in [2.24, 2.45) is 0 Å². The van der Waals surface area contributed by atoms with Gasteiger partial charge in [-0.05, 0) is 51.1 Å². The van der Waals surface area contributed by atoms with Crippen molar-refractivity contribution in [1.29, 1.82) is 0 Å². The van der Waals surface area contributed by atoms with E-state index < -0.39 is 23.4 Å². The fourth-order valence-electron chi connectivity index (χ4n) is 2.57. The largest absolute Gasteiger partial charge is 0.444 e. The monoisotopic (exact) mass is 338 g/mol. The number of para-hydroxylation sites is 1. The first-order valence-electron chi connectivity index (χ1n) is 7.84. The quantitative estimate of drug-likeness (QED) is 0.843. The highest BCUT2D eigenvalue weighted by Crippen LogP contribution is 2.36. The number of fused-ring (bicyclic) bond motifs is 1. The molecule has 2 aromatic carbocycles. The Morgan fingerprint density at radius 3 is 2.36 bits per heavy atom. The van der Waals surface area contributed by atoms with Gasteiger partial charge in [-0.3, -0.25) is 19.8 Å². The molecule has 0 saturated carbocycles. The molecule has 0 fully saturated rings. The Labute approximate surface area is 145 Å². The third-order valence-electron chi connectivity index (χ3n) is 3.54. The summed E-state index contributed by atoms with van der Waals surface area (Å²) in [6.45, 7) is 5.28. The summed E-state index contributed by atoms with van der Waals surface area (Å²) in [5, 5.41) is 2.57. The van der Waals surface area contributed by atoms with Crippen molar-refractivity contribution in [1.82, 2.24) is 0 Å². The van der Waals surface area contributed by atoms with Gasteiger partial charge in [0.2, 0.25) is 0 Å². The molecular weight excluding hydrogens is 320 g/mol. The Kier molecular flexibility index (Phi) is 4.04. The van der Waals surface area contributed by atoms with E-state index in [1.807, 2.05) is 6.07 Å². The van der Waals surface area contributed by atoms with Crippen molar-refractivity contribution in [2.45, 2.75) is 26.4 Å². The van der Waals surface area contributed by atoms with Crippen molar-refractivity contribution >= 4 is 34.8 Å². The van der Waals surface area contributed by atoms with Crippen LogP contribution in [0.1, 0.15) is 31.1 Å². The Morgan fingerprint density at radius 2 is 1.72 bits per heavy atom. The molecule has 0 radical (unpaired) electrons. The average molecular weight is 338 g/mol. The number of carbonyl (C=O) groups excluding carboxylic acids is 3. The molecule has 25 heavy (non-hydrogen) atoms. The van der Waals surface area contributed by atoms with Gasteiger partial charge in [0.1, 0.15) is 5.60 Å². The second-order valence-electron chi connectivity index (χ2n) is 6.66. The Morgan fingerprint density at radius 1 is 1.04 bits per heavy atom. The molecule has 128 valence electrons. The maximum absolute atomic E-state index is 12.3. The van der Waals surface area contributed by atoms with E-state index in [0.717, 1.165) is 0 Å². The van der Waals surface area contributed by atoms with Gasteiger partial charge < -0.3 is 4.74 Å². The van der Waals surface area contributed by atoms with Crippen LogP contribution >= 0.6 is 0 Å². The van der Waals surface area contributed by atoms with E-state index in [0.29, 0.717) is 17.1 Å². The van der Waals surface area contributed by atoms with E-state index in [9.17, 15) is 14.4 Å². The molecule has 2 amide bonds. The number of amides is 2. The smallest absolute Gasteiger partial charge is 0.412 e. The molecule has 2 aromatic rings. The van der Waals surface area contributed by atoms with Gasteiger partial charge in [-0.2, -0.15) is 0 Å². The van der Waals surface area contributed by atoms with Crippen LogP contribution in [0.2, 0.25) is 0 Å². The van der Waals surface area contributed by atoms with Gasteiger partial charge in [-0.1, -0.05) is 18.2 Å². The predicted octanol–water partition coefficient (Wildman–Crippen LogP) is 3.89. The van der Waals surface area contributed by atoms with Crippen molar-refractivity contribution in [2.75, 3.05) is 10.2 Å². The molecule has 3 rings (SSSR count). The first kappa shape index (κ1) is 16.7. The molecule has 1 heterocycles. The Bertz CT molecular complexity index is 853. The van der Waals surface area contributed by atoms with Crippen molar-refractivity contribution in [3.05, 3.63) is 54.1 Å². The summed E-state index contributed by atoms with van der Waals surface area (Å²) in [5.74, 6) is -1.22. The molecule has 1 N–H and O–H groups in total. The molecule has 6 nitrogen and oxygen atoms in total. The first-order chi connectivity index (χ1) is 11.8. The summed E-state index contributed by atoms with van der Waals surface area (Å²) in [6.07, 6.45) is -0.621.